The third-order valence-electron chi connectivity index (χ3n) is 2.81. The zero-order valence-corrected chi connectivity index (χ0v) is 13.6. The van der Waals surface area contributed by atoms with E-state index in [0.29, 0.717) is 11.3 Å². The predicted molar refractivity (Wildman–Crippen MR) is 85.7 cm³/mol. The number of nitrogens with zero attached hydrogens (tertiary/aromatic N) is 2. The van der Waals surface area contributed by atoms with Gasteiger partial charge in [-0.1, -0.05) is 0 Å². The first-order valence-corrected chi connectivity index (χ1v) is 7.09. The van der Waals surface area contributed by atoms with Crippen LogP contribution in [0.25, 0.3) is 0 Å². The molecule has 0 aliphatic heterocycles. The zero-order valence-electron chi connectivity index (χ0n) is 11.4. The highest BCUT2D eigenvalue weighted by atomic mass is 127. The summed E-state index contributed by atoms with van der Waals surface area (Å²) in [6, 6.07) is 6.33. The van der Waals surface area contributed by atoms with E-state index in [9.17, 15) is 9.18 Å². The molecule has 1 aromatic heterocycles. The molecule has 0 bridgehead atoms. The normalized spacial score (nSPS) is 10.3. The number of hydrogen-bond acceptors (Lipinski definition) is 4. The van der Waals surface area contributed by atoms with E-state index in [1.807, 2.05) is 22.6 Å². The fourth-order valence-corrected chi connectivity index (χ4v) is 2.12. The predicted octanol–water partition coefficient (Wildman–Crippen LogP) is 3.20. The number of benzene rings is 1. The molecule has 5 nitrogen and oxygen atoms in total. The van der Waals surface area contributed by atoms with Gasteiger partial charge in [-0.25, -0.2) is 9.45 Å². The Balaban J connectivity index is 2.34. The zero-order chi connectivity index (χ0) is 15.4. The minimum absolute atomic E-state index is 0.275. The lowest BCUT2D eigenvalue weighted by atomic mass is 10.2. The summed E-state index contributed by atoms with van der Waals surface area (Å²) in [6.07, 6.45) is 2.96. The minimum Gasteiger partial charge on any atom is -0.351 e. The SMILES string of the molecule is CON(C)C(=O)c1ccncc1Nc1ccc(I)cc1F. The van der Waals surface area contributed by atoms with Crippen LogP contribution in [0.4, 0.5) is 15.8 Å². The molecular formula is C14H13FIN3O2. The van der Waals surface area contributed by atoms with Crippen molar-refractivity contribution < 1.29 is 14.0 Å². The van der Waals surface area contributed by atoms with E-state index in [4.69, 9.17) is 4.84 Å². The van der Waals surface area contributed by atoms with Gasteiger partial charge in [0.25, 0.3) is 5.91 Å². The van der Waals surface area contributed by atoms with Crippen molar-refractivity contribution in [3.05, 3.63) is 51.6 Å². The maximum absolute atomic E-state index is 13.9. The van der Waals surface area contributed by atoms with Gasteiger partial charge in [-0.15, -0.1) is 0 Å². The molecule has 7 heteroatoms. The number of hydrogen-bond donors (Lipinski definition) is 1. The Morgan fingerprint density at radius 2 is 2.14 bits per heavy atom. The van der Waals surface area contributed by atoms with Crippen molar-refractivity contribution in [2.45, 2.75) is 0 Å². The average Bonchev–Trinajstić information content (AvgIpc) is 2.49. The summed E-state index contributed by atoms with van der Waals surface area (Å²) in [5.41, 5.74) is 1.02. The highest BCUT2D eigenvalue weighted by molar-refractivity contribution is 14.1. The summed E-state index contributed by atoms with van der Waals surface area (Å²) in [7, 11) is 2.89. The molecule has 0 atom stereocenters. The summed E-state index contributed by atoms with van der Waals surface area (Å²) >= 11 is 2.03. The first-order valence-electron chi connectivity index (χ1n) is 6.01. The van der Waals surface area contributed by atoms with Crippen LogP contribution in [0.2, 0.25) is 0 Å². The van der Waals surface area contributed by atoms with Gasteiger partial charge in [-0.2, -0.15) is 0 Å². The van der Waals surface area contributed by atoms with Gasteiger partial charge in [0.2, 0.25) is 0 Å². The number of aromatic nitrogens is 1. The number of hydroxylamine groups is 2. The van der Waals surface area contributed by atoms with Gasteiger partial charge >= 0.3 is 0 Å². The van der Waals surface area contributed by atoms with Crippen LogP contribution in [-0.2, 0) is 4.84 Å². The van der Waals surface area contributed by atoms with Crippen molar-refractivity contribution in [3.8, 4) is 0 Å². The number of nitrogens with one attached hydrogen (secondary N) is 1. The summed E-state index contributed by atoms with van der Waals surface area (Å²) in [5.74, 6) is -0.752. The molecule has 0 spiro atoms. The number of halogens is 2. The van der Waals surface area contributed by atoms with Crippen molar-refractivity contribution in [3.63, 3.8) is 0 Å². The fraction of sp³-hybridized carbons (Fsp3) is 0.143. The van der Waals surface area contributed by atoms with Gasteiger partial charge in [0.05, 0.1) is 30.2 Å². The fourth-order valence-electron chi connectivity index (χ4n) is 1.67. The smallest absolute Gasteiger partial charge is 0.279 e. The molecule has 0 saturated carbocycles. The van der Waals surface area contributed by atoms with Gasteiger partial charge in [-0.3, -0.25) is 14.6 Å². The third-order valence-corrected chi connectivity index (χ3v) is 3.48. The molecule has 110 valence electrons. The Bertz CT molecular complexity index is 666. The quantitative estimate of drug-likeness (QED) is 0.632. The topological polar surface area (TPSA) is 54.5 Å². The van der Waals surface area contributed by atoms with E-state index in [-0.39, 0.29) is 11.6 Å². The van der Waals surface area contributed by atoms with Gasteiger partial charge < -0.3 is 5.32 Å². The molecule has 1 heterocycles. The second-order valence-electron chi connectivity index (χ2n) is 4.16. The Morgan fingerprint density at radius 1 is 1.38 bits per heavy atom. The highest BCUT2D eigenvalue weighted by Crippen LogP contribution is 2.24. The van der Waals surface area contributed by atoms with Crippen LogP contribution < -0.4 is 5.32 Å². The molecule has 0 unspecified atom stereocenters. The van der Waals surface area contributed by atoms with E-state index in [0.717, 1.165) is 8.63 Å². The van der Waals surface area contributed by atoms with Crippen LogP contribution in [0.1, 0.15) is 10.4 Å². The summed E-state index contributed by atoms with van der Waals surface area (Å²) in [5, 5.41) is 3.97. The minimum atomic E-state index is -0.399. The lowest BCUT2D eigenvalue weighted by molar-refractivity contribution is -0.0756. The summed E-state index contributed by atoms with van der Waals surface area (Å²) < 4.78 is 14.7. The standard InChI is InChI=1S/C14H13FIN3O2/c1-19(21-2)14(20)10-5-6-17-8-13(10)18-12-4-3-9(16)7-11(12)15/h3-8,18H,1-2H3. The van der Waals surface area contributed by atoms with Gasteiger partial charge in [0.15, 0.2) is 0 Å². The molecule has 0 fully saturated rings. The molecule has 1 amide bonds. The molecule has 1 N–H and O–H groups in total. The van der Waals surface area contributed by atoms with E-state index in [1.165, 1.54) is 32.6 Å². The van der Waals surface area contributed by atoms with Crippen LogP contribution in [0.15, 0.2) is 36.7 Å². The van der Waals surface area contributed by atoms with E-state index in [1.54, 1.807) is 18.2 Å². The number of amides is 1. The Morgan fingerprint density at radius 3 is 2.81 bits per heavy atom. The Labute approximate surface area is 135 Å². The van der Waals surface area contributed by atoms with Gasteiger partial charge in [-0.05, 0) is 46.9 Å². The first-order chi connectivity index (χ1) is 10.0. The Kier molecular flexibility index (Phi) is 5.07. The molecular weight excluding hydrogens is 388 g/mol. The number of anilines is 2. The van der Waals surface area contributed by atoms with Crippen molar-refractivity contribution >= 4 is 39.9 Å². The van der Waals surface area contributed by atoms with Gasteiger partial charge in [0.1, 0.15) is 5.82 Å². The van der Waals surface area contributed by atoms with E-state index >= 15 is 0 Å². The lowest BCUT2D eigenvalue weighted by Gasteiger charge is -2.17. The van der Waals surface area contributed by atoms with E-state index < -0.39 is 5.82 Å². The first kappa shape index (κ1) is 15.6. The molecule has 0 aliphatic carbocycles. The molecule has 1 aromatic carbocycles. The second-order valence-corrected chi connectivity index (χ2v) is 5.40. The average molecular weight is 401 g/mol. The van der Waals surface area contributed by atoms with Crippen molar-refractivity contribution in [2.75, 3.05) is 19.5 Å². The maximum Gasteiger partial charge on any atom is 0.279 e. The molecule has 21 heavy (non-hydrogen) atoms. The lowest BCUT2D eigenvalue weighted by Crippen LogP contribution is -2.26. The maximum atomic E-state index is 13.9. The number of carbonyl (C=O) groups is 1. The van der Waals surface area contributed by atoms with Crippen LogP contribution in [0.3, 0.4) is 0 Å². The molecule has 0 saturated heterocycles. The molecule has 0 aliphatic rings. The second kappa shape index (κ2) is 6.81. The van der Waals surface area contributed by atoms with Crippen molar-refractivity contribution in [1.29, 1.82) is 0 Å². The van der Waals surface area contributed by atoms with E-state index in [2.05, 4.69) is 10.3 Å². The number of carbonyl (C=O) groups excluding carboxylic acids is 1. The number of pyridine rings is 1. The number of rotatable bonds is 4. The van der Waals surface area contributed by atoms with Gasteiger partial charge in [0, 0.05) is 16.8 Å². The van der Waals surface area contributed by atoms with Crippen molar-refractivity contribution in [2.24, 2.45) is 0 Å². The van der Waals surface area contributed by atoms with Crippen LogP contribution in [0, 0.1) is 9.39 Å². The van der Waals surface area contributed by atoms with Crippen molar-refractivity contribution in [1.82, 2.24) is 10.0 Å². The van der Waals surface area contributed by atoms with Crippen LogP contribution in [0.5, 0.6) is 0 Å². The molecule has 2 aromatic rings. The Hall–Kier alpha value is -1.74. The largest absolute Gasteiger partial charge is 0.351 e. The monoisotopic (exact) mass is 401 g/mol. The summed E-state index contributed by atoms with van der Waals surface area (Å²) in [6.45, 7) is 0. The molecule has 2 rings (SSSR count). The molecule has 0 radical (unpaired) electrons. The third kappa shape index (κ3) is 3.67. The summed E-state index contributed by atoms with van der Waals surface area (Å²) in [4.78, 5) is 21.0. The highest BCUT2D eigenvalue weighted by Gasteiger charge is 2.16. The van der Waals surface area contributed by atoms with Crippen LogP contribution >= 0.6 is 22.6 Å². The van der Waals surface area contributed by atoms with Crippen LogP contribution in [-0.4, -0.2) is 30.1 Å².